The van der Waals surface area contributed by atoms with Gasteiger partial charge in [0.1, 0.15) is 0 Å². The van der Waals surface area contributed by atoms with Crippen LogP contribution < -0.4 is 0 Å². The van der Waals surface area contributed by atoms with Gasteiger partial charge in [-0.15, -0.1) is 0 Å². The van der Waals surface area contributed by atoms with E-state index in [-0.39, 0.29) is 5.41 Å². The van der Waals surface area contributed by atoms with E-state index in [1.165, 1.54) is 0 Å². The van der Waals surface area contributed by atoms with E-state index in [4.69, 9.17) is 0 Å². The van der Waals surface area contributed by atoms with Crippen LogP contribution in [-0.2, 0) is 5.41 Å². The molecule has 0 bridgehead atoms. The average molecular weight is 164 g/mol. The highest BCUT2D eigenvalue weighted by Gasteiger charge is 2.15. The van der Waals surface area contributed by atoms with E-state index in [9.17, 15) is 0 Å². The zero-order valence-corrected chi connectivity index (χ0v) is 8.47. The smallest absolute Gasteiger partial charge is 0.0643 e. The van der Waals surface area contributed by atoms with Gasteiger partial charge in [-0.2, -0.15) is 0 Å². The summed E-state index contributed by atoms with van der Waals surface area (Å²) in [5, 5.41) is 0. The molecule has 12 heavy (non-hydrogen) atoms. The molecule has 66 valence electrons. The minimum atomic E-state index is 0.103. The number of aryl methyl sites for hydroxylation is 2. The van der Waals surface area contributed by atoms with Gasteiger partial charge < -0.3 is 0 Å². The van der Waals surface area contributed by atoms with Crippen LogP contribution in [0.25, 0.3) is 0 Å². The van der Waals surface area contributed by atoms with E-state index >= 15 is 0 Å². The van der Waals surface area contributed by atoms with Crippen molar-refractivity contribution in [1.82, 2.24) is 9.97 Å². The molecule has 0 aliphatic carbocycles. The third-order valence-corrected chi connectivity index (χ3v) is 1.96. The molecular formula is C10H16N2. The number of hydrogen-bond acceptors (Lipinski definition) is 2. The molecule has 1 heterocycles. The maximum atomic E-state index is 4.48. The van der Waals surface area contributed by atoms with Gasteiger partial charge in [-0.25, -0.2) is 0 Å². The van der Waals surface area contributed by atoms with E-state index in [1.807, 2.05) is 20.0 Å². The van der Waals surface area contributed by atoms with E-state index in [0.717, 1.165) is 17.1 Å². The molecule has 0 aliphatic rings. The summed E-state index contributed by atoms with van der Waals surface area (Å²) in [6.07, 6.45) is 1.86. The first kappa shape index (κ1) is 9.17. The lowest BCUT2D eigenvalue weighted by Crippen LogP contribution is -2.15. The van der Waals surface area contributed by atoms with Gasteiger partial charge in [0.05, 0.1) is 17.1 Å². The van der Waals surface area contributed by atoms with E-state index in [0.29, 0.717) is 0 Å². The summed E-state index contributed by atoms with van der Waals surface area (Å²) < 4.78 is 0. The second-order valence-electron chi connectivity index (χ2n) is 4.18. The van der Waals surface area contributed by atoms with Crippen molar-refractivity contribution >= 4 is 0 Å². The number of rotatable bonds is 0. The first-order chi connectivity index (χ1) is 5.41. The zero-order chi connectivity index (χ0) is 9.35. The van der Waals surface area contributed by atoms with Crippen molar-refractivity contribution < 1.29 is 0 Å². The van der Waals surface area contributed by atoms with Crippen LogP contribution in [-0.4, -0.2) is 9.97 Å². The second kappa shape index (κ2) is 2.85. The Bertz CT molecular complexity index is 284. The Morgan fingerprint density at radius 1 is 1.08 bits per heavy atom. The van der Waals surface area contributed by atoms with Crippen LogP contribution in [0.4, 0.5) is 0 Å². The summed E-state index contributed by atoms with van der Waals surface area (Å²) >= 11 is 0. The molecule has 0 aromatic carbocycles. The van der Waals surface area contributed by atoms with Crippen LogP contribution in [0.15, 0.2) is 6.20 Å². The molecule has 1 rings (SSSR count). The minimum Gasteiger partial charge on any atom is -0.258 e. The number of hydrogen-bond donors (Lipinski definition) is 0. The molecule has 0 unspecified atom stereocenters. The highest BCUT2D eigenvalue weighted by Crippen LogP contribution is 2.19. The van der Waals surface area contributed by atoms with Gasteiger partial charge in [0.25, 0.3) is 0 Å². The second-order valence-corrected chi connectivity index (χ2v) is 4.18. The third kappa shape index (κ3) is 1.81. The van der Waals surface area contributed by atoms with Crippen molar-refractivity contribution in [2.24, 2.45) is 0 Å². The fourth-order valence-corrected chi connectivity index (χ4v) is 0.903. The van der Waals surface area contributed by atoms with Gasteiger partial charge in [-0.1, -0.05) is 20.8 Å². The number of nitrogens with zero attached hydrogens (tertiary/aromatic N) is 2. The Labute approximate surface area is 74.1 Å². The van der Waals surface area contributed by atoms with Crippen LogP contribution in [0.5, 0.6) is 0 Å². The van der Waals surface area contributed by atoms with Gasteiger partial charge in [-0.3, -0.25) is 9.97 Å². The molecule has 2 heteroatoms. The molecular weight excluding hydrogens is 148 g/mol. The average Bonchev–Trinajstić information content (AvgIpc) is 1.92. The first-order valence-corrected chi connectivity index (χ1v) is 4.22. The molecule has 0 fully saturated rings. The summed E-state index contributed by atoms with van der Waals surface area (Å²) in [4.78, 5) is 8.76. The monoisotopic (exact) mass is 164 g/mol. The maximum absolute atomic E-state index is 4.48. The fraction of sp³-hybridized carbons (Fsp3) is 0.600. The molecule has 0 spiro atoms. The largest absolute Gasteiger partial charge is 0.258 e. The highest BCUT2D eigenvalue weighted by molar-refractivity contribution is 5.15. The summed E-state index contributed by atoms with van der Waals surface area (Å²) in [7, 11) is 0. The van der Waals surface area contributed by atoms with Gasteiger partial charge in [0.15, 0.2) is 0 Å². The van der Waals surface area contributed by atoms with Crippen LogP contribution >= 0.6 is 0 Å². The van der Waals surface area contributed by atoms with Crippen molar-refractivity contribution in [3.63, 3.8) is 0 Å². The predicted molar refractivity (Wildman–Crippen MR) is 50.2 cm³/mol. The topological polar surface area (TPSA) is 25.8 Å². The quantitative estimate of drug-likeness (QED) is 0.588. The maximum Gasteiger partial charge on any atom is 0.0643 e. The summed E-state index contributed by atoms with van der Waals surface area (Å²) in [5.41, 5.74) is 3.21. The Morgan fingerprint density at radius 2 is 1.67 bits per heavy atom. The van der Waals surface area contributed by atoms with E-state index in [1.54, 1.807) is 0 Å². The summed E-state index contributed by atoms with van der Waals surface area (Å²) in [6, 6.07) is 0. The van der Waals surface area contributed by atoms with Crippen LogP contribution in [0.2, 0.25) is 0 Å². The Hall–Kier alpha value is -0.920. The van der Waals surface area contributed by atoms with Gasteiger partial charge in [-0.05, 0) is 13.8 Å². The van der Waals surface area contributed by atoms with Crippen LogP contribution in [0.3, 0.4) is 0 Å². The van der Waals surface area contributed by atoms with Crippen LogP contribution in [0.1, 0.15) is 37.9 Å². The molecule has 0 amide bonds. The van der Waals surface area contributed by atoms with Crippen molar-refractivity contribution in [2.75, 3.05) is 0 Å². The SMILES string of the molecule is Cc1ncc(C(C)(C)C)nc1C. The fourth-order valence-electron chi connectivity index (χ4n) is 0.903. The highest BCUT2D eigenvalue weighted by atomic mass is 14.8. The lowest BCUT2D eigenvalue weighted by atomic mass is 9.92. The van der Waals surface area contributed by atoms with Crippen molar-refractivity contribution in [2.45, 2.75) is 40.0 Å². The normalized spacial score (nSPS) is 11.8. The number of aromatic nitrogens is 2. The van der Waals surface area contributed by atoms with Crippen molar-refractivity contribution in [3.05, 3.63) is 23.3 Å². The first-order valence-electron chi connectivity index (χ1n) is 4.22. The lowest BCUT2D eigenvalue weighted by Gasteiger charge is -2.17. The Balaban J connectivity index is 3.14. The summed E-state index contributed by atoms with van der Waals surface area (Å²) in [5.74, 6) is 0. The van der Waals surface area contributed by atoms with Crippen LogP contribution in [0, 0.1) is 13.8 Å². The molecule has 0 N–H and O–H groups in total. The molecule has 1 aromatic rings. The summed E-state index contributed by atoms with van der Waals surface area (Å²) in [6.45, 7) is 10.4. The molecule has 0 saturated carbocycles. The molecule has 0 saturated heterocycles. The molecule has 2 nitrogen and oxygen atoms in total. The standard InChI is InChI=1S/C10H16N2/c1-7-8(2)12-9(6-11-7)10(3,4)5/h6H,1-5H3. The van der Waals surface area contributed by atoms with E-state index in [2.05, 4.69) is 30.7 Å². The lowest BCUT2D eigenvalue weighted by molar-refractivity contribution is 0.562. The van der Waals surface area contributed by atoms with Gasteiger partial charge >= 0.3 is 0 Å². The predicted octanol–water partition coefficient (Wildman–Crippen LogP) is 2.39. The molecule has 0 radical (unpaired) electrons. The van der Waals surface area contributed by atoms with E-state index < -0.39 is 0 Å². The van der Waals surface area contributed by atoms with Gasteiger partial charge in [0, 0.05) is 11.6 Å². The Morgan fingerprint density at radius 3 is 2.08 bits per heavy atom. The minimum absolute atomic E-state index is 0.103. The van der Waals surface area contributed by atoms with Crippen molar-refractivity contribution in [3.8, 4) is 0 Å². The molecule has 1 aromatic heterocycles. The van der Waals surface area contributed by atoms with Crippen molar-refractivity contribution in [1.29, 1.82) is 0 Å². The van der Waals surface area contributed by atoms with Gasteiger partial charge in [0.2, 0.25) is 0 Å². The zero-order valence-electron chi connectivity index (χ0n) is 8.47. The molecule has 0 atom stereocenters. The Kier molecular flexibility index (Phi) is 2.18. The third-order valence-electron chi connectivity index (χ3n) is 1.96. The molecule has 0 aliphatic heterocycles.